The van der Waals surface area contributed by atoms with Crippen molar-refractivity contribution in [3.63, 3.8) is 0 Å². The third kappa shape index (κ3) is 5.58. The summed E-state index contributed by atoms with van der Waals surface area (Å²) in [5.41, 5.74) is 0.620. The molecule has 0 radical (unpaired) electrons. The molecule has 4 heteroatoms. The summed E-state index contributed by atoms with van der Waals surface area (Å²) in [7, 11) is -0.408. The zero-order valence-corrected chi connectivity index (χ0v) is 18.9. The molecule has 2 aromatic rings. The normalized spacial score (nSPS) is 22.9. The maximum atomic E-state index is 5.77. The number of hydrogen-bond donors (Lipinski definition) is 2. The van der Waals surface area contributed by atoms with Crippen LogP contribution in [0.5, 0.6) is 0 Å². The van der Waals surface area contributed by atoms with Gasteiger partial charge in [-0.15, -0.1) is 0 Å². The van der Waals surface area contributed by atoms with Gasteiger partial charge in [-0.1, -0.05) is 92.8 Å². The van der Waals surface area contributed by atoms with Gasteiger partial charge >= 0.3 is 0 Å². The second-order valence-electron chi connectivity index (χ2n) is 8.45. The smallest absolute Gasteiger partial charge is 0.166 e. The highest BCUT2D eigenvalue weighted by Crippen LogP contribution is 2.46. The van der Waals surface area contributed by atoms with Crippen molar-refractivity contribution in [1.82, 2.24) is 10.6 Å². The lowest BCUT2D eigenvalue weighted by molar-refractivity contribution is 0.396. The third-order valence-electron chi connectivity index (χ3n) is 6.39. The summed E-state index contributed by atoms with van der Waals surface area (Å²) >= 11 is 5.77. The van der Waals surface area contributed by atoms with Gasteiger partial charge in [0.15, 0.2) is 5.11 Å². The van der Waals surface area contributed by atoms with Crippen molar-refractivity contribution < 1.29 is 0 Å². The van der Waals surface area contributed by atoms with Crippen LogP contribution in [0.3, 0.4) is 0 Å². The maximum absolute atomic E-state index is 5.77. The highest BCUT2D eigenvalue weighted by molar-refractivity contribution is 7.80. The first-order valence-corrected chi connectivity index (χ1v) is 13.1. The fraction of sp³-hybridized carbons (Fsp3) is 0.480. The fourth-order valence-corrected chi connectivity index (χ4v) is 8.33. The van der Waals surface area contributed by atoms with Crippen LogP contribution in [0.1, 0.15) is 57.8 Å². The van der Waals surface area contributed by atoms with Gasteiger partial charge in [0.1, 0.15) is 0 Å². The minimum atomic E-state index is -0.408. The summed E-state index contributed by atoms with van der Waals surface area (Å²) < 4.78 is 0. The van der Waals surface area contributed by atoms with Gasteiger partial charge < -0.3 is 10.6 Å². The van der Waals surface area contributed by atoms with Gasteiger partial charge in [0, 0.05) is 17.7 Å². The molecule has 2 atom stereocenters. The van der Waals surface area contributed by atoms with Gasteiger partial charge in [0.25, 0.3) is 0 Å². The number of hydrogen-bond acceptors (Lipinski definition) is 1. The van der Waals surface area contributed by atoms with Crippen LogP contribution in [0.25, 0.3) is 0 Å². The van der Waals surface area contributed by atoms with Crippen LogP contribution < -0.4 is 21.2 Å². The summed E-state index contributed by atoms with van der Waals surface area (Å²) in [5, 5.41) is 11.3. The Morgan fingerprint density at radius 2 is 1.24 bits per heavy atom. The third-order valence-corrected chi connectivity index (χ3v) is 9.61. The van der Waals surface area contributed by atoms with Gasteiger partial charge in [-0.2, -0.15) is 0 Å². The number of rotatable bonds is 5. The molecule has 0 aromatic heterocycles. The molecule has 29 heavy (non-hydrogen) atoms. The average molecular weight is 425 g/mol. The van der Waals surface area contributed by atoms with Crippen LogP contribution in [-0.2, 0) is 0 Å². The lowest BCUT2D eigenvalue weighted by Gasteiger charge is -2.39. The second-order valence-corrected chi connectivity index (χ2v) is 11.3. The SMILES string of the molecule is S=C(NC1CCCCC1)N[C@@H]1CCCC[C@H]1P(c1ccccc1)c1ccccc1. The summed E-state index contributed by atoms with van der Waals surface area (Å²) in [6.45, 7) is 0. The van der Waals surface area contributed by atoms with E-state index in [-0.39, 0.29) is 0 Å². The molecule has 0 spiro atoms. The van der Waals surface area contributed by atoms with Gasteiger partial charge in [-0.05, 0) is 56.4 Å². The van der Waals surface area contributed by atoms with Crippen molar-refractivity contribution in [1.29, 1.82) is 0 Å². The highest BCUT2D eigenvalue weighted by Gasteiger charge is 2.34. The summed E-state index contributed by atoms with van der Waals surface area (Å²) in [6.07, 6.45) is 11.7. The lowest BCUT2D eigenvalue weighted by atomic mass is 9.94. The second kappa shape index (κ2) is 10.5. The van der Waals surface area contributed by atoms with Crippen LogP contribution >= 0.6 is 20.1 Å². The Hall–Kier alpha value is -1.44. The first kappa shape index (κ1) is 20.8. The average Bonchev–Trinajstić information content (AvgIpc) is 2.77. The van der Waals surface area contributed by atoms with E-state index in [1.165, 1.54) is 68.4 Å². The highest BCUT2D eigenvalue weighted by atomic mass is 32.1. The number of nitrogens with one attached hydrogen (secondary N) is 2. The molecule has 2 aromatic carbocycles. The zero-order chi connectivity index (χ0) is 19.9. The summed E-state index contributed by atoms with van der Waals surface area (Å²) in [5.74, 6) is 0. The van der Waals surface area contributed by atoms with Gasteiger partial charge in [-0.25, -0.2) is 0 Å². The maximum Gasteiger partial charge on any atom is 0.166 e. The van der Waals surface area contributed by atoms with E-state index in [2.05, 4.69) is 71.3 Å². The van der Waals surface area contributed by atoms with Crippen LogP contribution in [0.15, 0.2) is 60.7 Å². The fourth-order valence-electron chi connectivity index (χ4n) is 4.94. The first-order chi connectivity index (χ1) is 14.3. The Morgan fingerprint density at radius 3 is 1.86 bits per heavy atom. The van der Waals surface area contributed by atoms with E-state index in [0.717, 1.165) is 5.11 Å². The molecule has 0 saturated heterocycles. The zero-order valence-electron chi connectivity index (χ0n) is 17.2. The van der Waals surface area contributed by atoms with E-state index in [9.17, 15) is 0 Å². The van der Waals surface area contributed by atoms with Crippen molar-refractivity contribution in [3.05, 3.63) is 60.7 Å². The molecule has 0 amide bonds. The van der Waals surface area contributed by atoms with E-state index >= 15 is 0 Å². The van der Waals surface area contributed by atoms with Crippen LogP contribution in [-0.4, -0.2) is 22.9 Å². The lowest BCUT2D eigenvalue weighted by Crippen LogP contribution is -2.51. The number of benzene rings is 2. The minimum absolute atomic E-state index is 0.408. The molecule has 2 aliphatic rings. The monoisotopic (exact) mass is 424 g/mol. The van der Waals surface area contributed by atoms with E-state index < -0.39 is 7.92 Å². The Kier molecular flexibility index (Phi) is 7.57. The van der Waals surface area contributed by atoms with E-state index in [1.54, 1.807) is 0 Å². The summed E-state index contributed by atoms with van der Waals surface area (Å²) in [4.78, 5) is 0. The van der Waals surface area contributed by atoms with E-state index in [4.69, 9.17) is 12.2 Å². The van der Waals surface area contributed by atoms with Gasteiger partial charge in [0.05, 0.1) is 0 Å². The molecular formula is C25H33N2PS. The Morgan fingerprint density at radius 1 is 0.690 bits per heavy atom. The standard InChI is InChI=1S/C25H33N2PS/c29-25(26-20-12-4-1-5-13-20)27-23-18-10-11-19-24(23)28(21-14-6-2-7-15-21)22-16-8-3-9-17-22/h2-3,6-9,14-17,20,23-24H,1,4-5,10-13,18-19H2,(H2,26,27,29)/t23-,24-/m1/s1. The molecule has 0 unspecified atom stereocenters. The van der Waals surface area contributed by atoms with Crippen molar-refractivity contribution in [3.8, 4) is 0 Å². The molecule has 2 nitrogen and oxygen atoms in total. The van der Waals surface area contributed by atoms with Crippen molar-refractivity contribution >= 4 is 35.9 Å². The van der Waals surface area contributed by atoms with Crippen LogP contribution in [0.4, 0.5) is 0 Å². The molecule has 154 valence electrons. The molecular weight excluding hydrogens is 391 g/mol. The Balaban J connectivity index is 1.53. The molecule has 2 N–H and O–H groups in total. The predicted octanol–water partition coefficient (Wildman–Crippen LogP) is 5.23. The van der Waals surface area contributed by atoms with Crippen LogP contribution in [0.2, 0.25) is 0 Å². The first-order valence-electron chi connectivity index (χ1n) is 11.3. The van der Waals surface area contributed by atoms with Crippen LogP contribution in [0, 0.1) is 0 Å². The van der Waals surface area contributed by atoms with Crippen molar-refractivity contribution in [2.45, 2.75) is 75.5 Å². The largest absolute Gasteiger partial charge is 0.360 e. The molecule has 2 saturated carbocycles. The number of thiocarbonyl (C=S) groups is 1. The molecule has 2 fully saturated rings. The van der Waals surface area contributed by atoms with E-state index in [0.29, 0.717) is 17.7 Å². The predicted molar refractivity (Wildman–Crippen MR) is 131 cm³/mol. The topological polar surface area (TPSA) is 24.1 Å². The Labute approximate surface area is 182 Å². The quantitative estimate of drug-likeness (QED) is 0.508. The molecule has 4 rings (SSSR count). The molecule has 2 aliphatic carbocycles. The van der Waals surface area contributed by atoms with Gasteiger partial charge in [0.2, 0.25) is 0 Å². The Bertz CT molecular complexity index is 721. The van der Waals surface area contributed by atoms with Gasteiger partial charge in [-0.3, -0.25) is 0 Å². The minimum Gasteiger partial charge on any atom is -0.360 e. The molecule has 0 bridgehead atoms. The summed E-state index contributed by atoms with van der Waals surface area (Å²) in [6, 6.07) is 23.3. The molecule has 0 aliphatic heterocycles. The van der Waals surface area contributed by atoms with E-state index in [1.807, 2.05) is 0 Å². The van der Waals surface area contributed by atoms with Crippen molar-refractivity contribution in [2.24, 2.45) is 0 Å². The van der Waals surface area contributed by atoms with Crippen molar-refractivity contribution in [2.75, 3.05) is 0 Å². The molecule has 0 heterocycles.